The van der Waals surface area contributed by atoms with Crippen molar-refractivity contribution in [3.8, 4) is 0 Å². The van der Waals surface area contributed by atoms with Gasteiger partial charge in [-0.25, -0.2) is 0 Å². The minimum atomic E-state index is -0.687. The summed E-state index contributed by atoms with van der Waals surface area (Å²) in [6.45, 7) is 6.67. The highest BCUT2D eigenvalue weighted by Crippen LogP contribution is 2.60. The van der Waals surface area contributed by atoms with E-state index in [1.807, 2.05) is 20.8 Å². The van der Waals surface area contributed by atoms with Crippen LogP contribution in [0.25, 0.3) is 0 Å². The molecule has 0 aromatic carbocycles. The van der Waals surface area contributed by atoms with Gasteiger partial charge in [-0.3, -0.25) is 4.79 Å². The average molecular weight is 253 g/mol. The number of aliphatic carboxylic acids is 1. The highest BCUT2D eigenvalue weighted by atomic mass is 16.6. The molecule has 2 saturated carbocycles. The lowest BCUT2D eigenvalue weighted by molar-refractivity contribution is -0.139. The van der Waals surface area contributed by atoms with Crippen molar-refractivity contribution in [2.24, 2.45) is 28.3 Å². The molecule has 0 saturated heterocycles. The third-order valence-corrected chi connectivity index (χ3v) is 4.59. The molecule has 2 fully saturated rings. The number of carbonyl (C=O) groups is 1. The van der Waals surface area contributed by atoms with Crippen LogP contribution in [0.5, 0.6) is 0 Å². The van der Waals surface area contributed by atoms with Crippen molar-refractivity contribution >= 4 is 11.7 Å². The molecule has 102 valence electrons. The number of rotatable bonds is 6. The summed E-state index contributed by atoms with van der Waals surface area (Å²) in [5.41, 5.74) is 0.812. The number of hydrogen-bond acceptors (Lipinski definition) is 3. The lowest BCUT2D eigenvalue weighted by atomic mass is 9.86. The van der Waals surface area contributed by atoms with E-state index in [1.54, 1.807) is 0 Å². The molecule has 4 heteroatoms. The molecule has 0 amide bonds. The van der Waals surface area contributed by atoms with Gasteiger partial charge in [-0.2, -0.15) is 0 Å². The molecule has 2 aliphatic rings. The summed E-state index contributed by atoms with van der Waals surface area (Å²) in [6.07, 6.45) is 4.55. The zero-order chi connectivity index (χ0) is 13.3. The maximum Gasteiger partial charge on any atom is 0.307 e. The first-order chi connectivity index (χ1) is 8.43. The molecule has 2 rings (SSSR count). The van der Waals surface area contributed by atoms with Gasteiger partial charge in [-0.05, 0) is 43.4 Å². The van der Waals surface area contributed by atoms with E-state index in [1.165, 1.54) is 19.3 Å². The molecular formula is C14H23NO3. The van der Waals surface area contributed by atoms with Crippen LogP contribution in [0.3, 0.4) is 0 Å². The van der Waals surface area contributed by atoms with Crippen LogP contribution in [0, 0.1) is 23.2 Å². The predicted molar refractivity (Wildman–Crippen MR) is 69.4 cm³/mol. The molecule has 0 aromatic rings. The Morgan fingerprint density at radius 1 is 1.44 bits per heavy atom. The van der Waals surface area contributed by atoms with Crippen molar-refractivity contribution < 1.29 is 14.7 Å². The lowest BCUT2D eigenvalue weighted by Crippen LogP contribution is -2.16. The summed E-state index contributed by atoms with van der Waals surface area (Å²) in [5.74, 6) is -0.0285. The average Bonchev–Trinajstić information content (AvgIpc) is 2.72. The van der Waals surface area contributed by atoms with E-state index >= 15 is 0 Å². The Morgan fingerprint density at radius 3 is 2.56 bits per heavy atom. The molecule has 0 aliphatic heterocycles. The summed E-state index contributed by atoms with van der Waals surface area (Å²) < 4.78 is 0. The zero-order valence-corrected chi connectivity index (χ0v) is 11.5. The van der Waals surface area contributed by atoms with Gasteiger partial charge in [-0.15, -0.1) is 0 Å². The predicted octanol–water partition coefficient (Wildman–Crippen LogP) is 2.93. The highest BCUT2D eigenvalue weighted by molar-refractivity contribution is 5.84. The fourth-order valence-electron chi connectivity index (χ4n) is 2.88. The van der Waals surface area contributed by atoms with E-state index in [-0.39, 0.29) is 17.3 Å². The first-order valence-electron chi connectivity index (χ1n) is 6.81. The third kappa shape index (κ3) is 2.68. The van der Waals surface area contributed by atoms with E-state index in [0.29, 0.717) is 12.5 Å². The molecule has 1 N–H and O–H groups in total. The third-order valence-electron chi connectivity index (χ3n) is 4.59. The van der Waals surface area contributed by atoms with Gasteiger partial charge >= 0.3 is 5.97 Å². The molecule has 2 aliphatic carbocycles. The van der Waals surface area contributed by atoms with E-state index in [0.717, 1.165) is 12.1 Å². The van der Waals surface area contributed by atoms with Gasteiger partial charge in [0.05, 0.1) is 11.6 Å². The van der Waals surface area contributed by atoms with Crippen LogP contribution in [-0.4, -0.2) is 23.4 Å². The summed E-state index contributed by atoms with van der Waals surface area (Å²) in [4.78, 5) is 16.4. The van der Waals surface area contributed by atoms with Crippen LogP contribution in [0.2, 0.25) is 0 Å². The number of hydrogen-bond donors (Lipinski definition) is 1. The second-order valence-corrected chi connectivity index (χ2v) is 6.37. The zero-order valence-electron chi connectivity index (χ0n) is 11.5. The van der Waals surface area contributed by atoms with Crippen molar-refractivity contribution in [1.29, 1.82) is 0 Å². The first-order valence-corrected chi connectivity index (χ1v) is 6.81. The van der Waals surface area contributed by atoms with E-state index in [9.17, 15) is 4.79 Å². The van der Waals surface area contributed by atoms with Gasteiger partial charge in [0.25, 0.3) is 0 Å². The molecule has 18 heavy (non-hydrogen) atoms. The molecule has 0 heterocycles. The maximum atomic E-state index is 11.0. The quantitative estimate of drug-likeness (QED) is 0.585. The van der Waals surface area contributed by atoms with Crippen LogP contribution < -0.4 is 0 Å². The Morgan fingerprint density at radius 2 is 2.11 bits per heavy atom. The van der Waals surface area contributed by atoms with Gasteiger partial charge in [0.15, 0.2) is 0 Å². The Hall–Kier alpha value is -1.06. The highest BCUT2D eigenvalue weighted by Gasteiger charge is 2.61. The van der Waals surface area contributed by atoms with E-state index < -0.39 is 5.97 Å². The topological polar surface area (TPSA) is 58.9 Å². The standard InChI is InChI=1S/C14H23NO3/c1-9(15-18-8-10-5-4-6-10)7-11-12(13(16)17)14(11,2)3/h10-12H,4-8H2,1-3H3,(H,16,17)/b15-9-/t11?,12-/m0/s1. The van der Waals surface area contributed by atoms with Crippen LogP contribution in [0.1, 0.15) is 46.5 Å². The Balaban J connectivity index is 1.75. The Labute approximate surface area is 108 Å². The van der Waals surface area contributed by atoms with Crippen LogP contribution >= 0.6 is 0 Å². The van der Waals surface area contributed by atoms with Gasteiger partial charge in [0.1, 0.15) is 6.61 Å². The van der Waals surface area contributed by atoms with Gasteiger partial charge < -0.3 is 9.94 Å². The van der Waals surface area contributed by atoms with Crippen LogP contribution in [0.15, 0.2) is 5.16 Å². The fourth-order valence-corrected chi connectivity index (χ4v) is 2.88. The SMILES string of the molecule is C/C(CC1[C@@H](C(=O)O)C1(C)C)=N/OCC1CCC1. The molecule has 1 unspecified atom stereocenters. The second-order valence-electron chi connectivity index (χ2n) is 6.37. The summed E-state index contributed by atoms with van der Waals surface area (Å²) >= 11 is 0. The van der Waals surface area contributed by atoms with Gasteiger partial charge in [0.2, 0.25) is 0 Å². The smallest absolute Gasteiger partial charge is 0.307 e. The monoisotopic (exact) mass is 253 g/mol. The molecule has 2 atom stereocenters. The van der Waals surface area contributed by atoms with E-state index in [4.69, 9.17) is 9.94 Å². The first kappa shape index (κ1) is 13.4. The minimum Gasteiger partial charge on any atom is -0.481 e. The number of carboxylic acids is 1. The Kier molecular flexibility index (Phi) is 3.64. The van der Waals surface area contributed by atoms with Crippen LogP contribution in [-0.2, 0) is 9.63 Å². The van der Waals surface area contributed by atoms with Crippen molar-refractivity contribution in [1.82, 2.24) is 0 Å². The summed E-state index contributed by atoms with van der Waals surface area (Å²) in [6, 6.07) is 0. The summed E-state index contributed by atoms with van der Waals surface area (Å²) in [7, 11) is 0. The van der Waals surface area contributed by atoms with Crippen molar-refractivity contribution in [3.63, 3.8) is 0 Å². The van der Waals surface area contributed by atoms with Crippen molar-refractivity contribution in [3.05, 3.63) is 0 Å². The molecule has 4 nitrogen and oxygen atoms in total. The molecule has 0 radical (unpaired) electrons. The largest absolute Gasteiger partial charge is 0.481 e. The fraction of sp³-hybridized carbons (Fsp3) is 0.857. The molecule has 0 bridgehead atoms. The lowest BCUT2D eigenvalue weighted by Gasteiger charge is -2.23. The van der Waals surface area contributed by atoms with Crippen molar-refractivity contribution in [2.45, 2.75) is 46.5 Å². The second kappa shape index (κ2) is 4.90. The molecule has 0 spiro atoms. The normalized spacial score (nSPS) is 30.7. The molecule has 0 aromatic heterocycles. The van der Waals surface area contributed by atoms with Gasteiger partial charge in [-0.1, -0.05) is 25.4 Å². The molecular weight excluding hydrogens is 230 g/mol. The number of carboxylic acid groups (broad SMARTS) is 1. The maximum absolute atomic E-state index is 11.0. The van der Waals surface area contributed by atoms with E-state index in [2.05, 4.69) is 5.16 Å². The van der Waals surface area contributed by atoms with Gasteiger partial charge in [0, 0.05) is 0 Å². The minimum absolute atomic E-state index is 0.101. The summed E-state index contributed by atoms with van der Waals surface area (Å²) in [5, 5.41) is 13.2. The number of oxime groups is 1. The Bertz CT molecular complexity index is 358. The number of nitrogens with zero attached hydrogens (tertiary/aromatic N) is 1. The van der Waals surface area contributed by atoms with Crippen LogP contribution in [0.4, 0.5) is 0 Å². The van der Waals surface area contributed by atoms with Crippen molar-refractivity contribution in [2.75, 3.05) is 6.61 Å².